The number of fused-ring (bicyclic) bond motifs is 1. The highest BCUT2D eigenvalue weighted by Crippen LogP contribution is 2.31. The summed E-state index contributed by atoms with van der Waals surface area (Å²) < 4.78 is 4.93. The number of amides is 2. The molecule has 3 heterocycles. The van der Waals surface area contributed by atoms with E-state index in [0.717, 1.165) is 45.6 Å². The Hall–Kier alpha value is -2.91. The van der Waals surface area contributed by atoms with Crippen molar-refractivity contribution < 1.29 is 14.1 Å². The van der Waals surface area contributed by atoms with Gasteiger partial charge in [0.1, 0.15) is 5.76 Å². The molecule has 2 aliphatic rings. The molecule has 9 heteroatoms. The third-order valence-electron chi connectivity index (χ3n) is 6.35. The van der Waals surface area contributed by atoms with Gasteiger partial charge in [-0.1, -0.05) is 17.3 Å². The van der Waals surface area contributed by atoms with Gasteiger partial charge in [0, 0.05) is 58.1 Å². The lowest BCUT2D eigenvalue weighted by molar-refractivity contribution is -0.136. The van der Waals surface area contributed by atoms with Crippen LogP contribution < -0.4 is 15.5 Å². The highest BCUT2D eigenvalue weighted by Gasteiger charge is 2.27. The van der Waals surface area contributed by atoms with E-state index < -0.39 is 11.8 Å². The number of hydrogen-bond donors (Lipinski definition) is 2. The Morgan fingerprint density at radius 3 is 2.59 bits per heavy atom. The number of nitrogens with zero attached hydrogens (tertiary/aromatic N) is 4. The topological polar surface area (TPSA) is 94.0 Å². The predicted molar refractivity (Wildman–Crippen MR) is 123 cm³/mol. The monoisotopic (exact) mass is 440 g/mol. The molecule has 9 nitrogen and oxygen atoms in total. The molecule has 2 amide bonds. The zero-order chi connectivity index (χ0) is 22.7. The minimum atomic E-state index is -0.748. The van der Waals surface area contributed by atoms with Gasteiger partial charge in [-0.3, -0.25) is 19.8 Å². The number of likely N-dealkylation sites (N-methyl/N-ethyl adjacent to an activating group) is 1. The van der Waals surface area contributed by atoms with Gasteiger partial charge in [-0.25, -0.2) is 0 Å². The summed E-state index contributed by atoms with van der Waals surface area (Å²) in [6.45, 7) is 6.94. The number of carbonyl (C=O) groups excluding carboxylic acids is 2. The van der Waals surface area contributed by atoms with Gasteiger partial charge in [0.25, 0.3) is 0 Å². The second-order valence-corrected chi connectivity index (χ2v) is 8.76. The maximum Gasteiger partial charge on any atom is 0.314 e. The van der Waals surface area contributed by atoms with Crippen LogP contribution >= 0.6 is 0 Å². The molecule has 2 aromatic rings. The molecule has 0 radical (unpaired) electrons. The highest BCUT2D eigenvalue weighted by molar-refractivity contribution is 6.39. The van der Waals surface area contributed by atoms with Crippen LogP contribution in [0.1, 0.15) is 29.3 Å². The maximum absolute atomic E-state index is 12.5. The summed E-state index contributed by atoms with van der Waals surface area (Å²) in [6, 6.07) is 8.20. The molecule has 2 aliphatic heterocycles. The van der Waals surface area contributed by atoms with Crippen LogP contribution in [0.2, 0.25) is 0 Å². The molecule has 0 spiro atoms. The minimum Gasteiger partial charge on any atom is -0.374 e. The molecular weight excluding hydrogens is 408 g/mol. The average molecular weight is 441 g/mol. The van der Waals surface area contributed by atoms with Crippen LogP contribution in [-0.2, 0) is 16.0 Å². The van der Waals surface area contributed by atoms with Crippen LogP contribution in [0, 0.1) is 6.92 Å². The van der Waals surface area contributed by atoms with Gasteiger partial charge in [0.2, 0.25) is 0 Å². The molecule has 1 saturated heterocycles. The van der Waals surface area contributed by atoms with Crippen molar-refractivity contribution in [2.75, 3.05) is 63.6 Å². The minimum absolute atomic E-state index is 0.00674. The number of piperazine rings is 1. The molecule has 0 bridgehead atoms. The Kier molecular flexibility index (Phi) is 6.76. The van der Waals surface area contributed by atoms with E-state index in [1.165, 1.54) is 16.8 Å². The SMILES string of the molecule is Cc1cc(NC(=O)C(=O)NC[C@@H](c2ccc3c(c2)CCCN3C)N2CCN(C)CC2)no1. The first-order chi connectivity index (χ1) is 15.4. The lowest BCUT2D eigenvalue weighted by Crippen LogP contribution is -2.49. The van der Waals surface area contributed by atoms with Crippen molar-refractivity contribution in [1.29, 1.82) is 0 Å². The number of nitrogens with one attached hydrogen (secondary N) is 2. The zero-order valence-electron chi connectivity index (χ0n) is 19.1. The molecule has 32 heavy (non-hydrogen) atoms. The summed E-state index contributed by atoms with van der Waals surface area (Å²) in [4.78, 5) is 31.8. The van der Waals surface area contributed by atoms with Crippen molar-refractivity contribution in [1.82, 2.24) is 20.3 Å². The summed E-state index contributed by atoms with van der Waals surface area (Å²) in [5.41, 5.74) is 3.81. The van der Waals surface area contributed by atoms with Crippen LogP contribution in [0.3, 0.4) is 0 Å². The van der Waals surface area contributed by atoms with Crippen molar-refractivity contribution >= 4 is 23.3 Å². The standard InChI is InChI=1S/C23H32N6O3/c1-16-13-21(26-32-16)25-23(31)22(30)24-15-20(29-11-9-27(2)10-12-29)18-6-7-19-17(14-18)5-4-8-28(19)3/h6-7,13-14,20H,4-5,8-12,15H2,1-3H3,(H,24,30)(H,25,26,31)/t20-/m0/s1. The molecule has 1 aromatic heterocycles. The molecule has 0 aliphatic carbocycles. The normalized spacial score (nSPS) is 18.2. The van der Waals surface area contributed by atoms with E-state index in [9.17, 15) is 9.59 Å². The second kappa shape index (κ2) is 9.70. The van der Waals surface area contributed by atoms with Crippen molar-refractivity contribution in [3.8, 4) is 0 Å². The molecule has 172 valence electrons. The molecule has 0 unspecified atom stereocenters. The molecule has 0 saturated carbocycles. The van der Waals surface area contributed by atoms with Gasteiger partial charge >= 0.3 is 11.8 Å². The predicted octanol–water partition coefficient (Wildman–Crippen LogP) is 1.41. The van der Waals surface area contributed by atoms with E-state index in [-0.39, 0.29) is 11.9 Å². The summed E-state index contributed by atoms with van der Waals surface area (Å²) in [5, 5.41) is 9.01. The fourth-order valence-electron chi connectivity index (χ4n) is 4.47. The fraction of sp³-hybridized carbons (Fsp3) is 0.522. The molecule has 1 fully saturated rings. The molecule has 1 aromatic carbocycles. The molecule has 1 atom stereocenters. The molecular formula is C23H32N6O3. The summed E-state index contributed by atoms with van der Waals surface area (Å²) in [6.07, 6.45) is 2.21. The highest BCUT2D eigenvalue weighted by atomic mass is 16.5. The first-order valence-electron chi connectivity index (χ1n) is 11.2. The van der Waals surface area contributed by atoms with Crippen molar-refractivity contribution in [3.63, 3.8) is 0 Å². The number of aryl methyl sites for hydroxylation is 2. The largest absolute Gasteiger partial charge is 0.374 e. The third-order valence-corrected chi connectivity index (χ3v) is 6.35. The van der Waals surface area contributed by atoms with Gasteiger partial charge in [-0.2, -0.15) is 0 Å². The van der Waals surface area contributed by atoms with Gasteiger partial charge in [-0.05, 0) is 44.0 Å². The van der Waals surface area contributed by atoms with Gasteiger partial charge in [0.15, 0.2) is 5.82 Å². The van der Waals surface area contributed by atoms with Crippen LogP contribution in [-0.4, -0.2) is 80.1 Å². The molecule has 4 rings (SSSR count). The van der Waals surface area contributed by atoms with E-state index in [1.54, 1.807) is 13.0 Å². The van der Waals surface area contributed by atoms with E-state index in [4.69, 9.17) is 4.52 Å². The van der Waals surface area contributed by atoms with Crippen LogP contribution in [0.5, 0.6) is 0 Å². The second-order valence-electron chi connectivity index (χ2n) is 8.76. The number of hydrogen-bond acceptors (Lipinski definition) is 7. The smallest absolute Gasteiger partial charge is 0.314 e. The Bertz CT molecular complexity index is 966. The Balaban J connectivity index is 1.47. The first-order valence-corrected chi connectivity index (χ1v) is 11.2. The fourth-order valence-corrected chi connectivity index (χ4v) is 4.47. The number of rotatable bonds is 5. The van der Waals surface area contributed by atoms with E-state index in [2.05, 4.69) is 62.8 Å². The van der Waals surface area contributed by atoms with E-state index in [1.807, 2.05) is 0 Å². The van der Waals surface area contributed by atoms with Crippen LogP contribution in [0.15, 0.2) is 28.8 Å². The van der Waals surface area contributed by atoms with Crippen molar-refractivity contribution in [2.45, 2.75) is 25.8 Å². The average Bonchev–Trinajstić information content (AvgIpc) is 3.19. The zero-order valence-corrected chi connectivity index (χ0v) is 19.1. The lowest BCUT2D eigenvalue weighted by atomic mass is 9.95. The number of benzene rings is 1. The third kappa shape index (κ3) is 5.11. The van der Waals surface area contributed by atoms with Gasteiger partial charge in [-0.15, -0.1) is 0 Å². The van der Waals surface area contributed by atoms with Crippen LogP contribution in [0.4, 0.5) is 11.5 Å². The summed E-state index contributed by atoms with van der Waals surface area (Å²) in [7, 11) is 4.25. The number of anilines is 2. The lowest BCUT2D eigenvalue weighted by Gasteiger charge is -2.39. The summed E-state index contributed by atoms with van der Waals surface area (Å²) in [5.74, 6) is -0.629. The van der Waals surface area contributed by atoms with Crippen molar-refractivity contribution in [3.05, 3.63) is 41.2 Å². The molecule has 2 N–H and O–H groups in total. The maximum atomic E-state index is 12.5. The number of aromatic nitrogens is 1. The van der Waals surface area contributed by atoms with Crippen LogP contribution in [0.25, 0.3) is 0 Å². The number of carbonyl (C=O) groups is 2. The first kappa shape index (κ1) is 22.3. The Morgan fingerprint density at radius 1 is 1.09 bits per heavy atom. The van der Waals surface area contributed by atoms with Gasteiger partial charge < -0.3 is 19.6 Å². The Morgan fingerprint density at radius 2 is 1.88 bits per heavy atom. The van der Waals surface area contributed by atoms with E-state index in [0.29, 0.717) is 12.3 Å². The summed E-state index contributed by atoms with van der Waals surface area (Å²) >= 11 is 0. The van der Waals surface area contributed by atoms with Crippen molar-refractivity contribution in [2.24, 2.45) is 0 Å². The quantitative estimate of drug-likeness (QED) is 0.679. The Labute approximate surface area is 188 Å². The van der Waals surface area contributed by atoms with Gasteiger partial charge in [0.05, 0.1) is 6.04 Å². The van der Waals surface area contributed by atoms with E-state index >= 15 is 0 Å².